The lowest BCUT2D eigenvalue weighted by atomic mass is 10.1. The minimum absolute atomic E-state index is 0.210. The zero-order valence-electron chi connectivity index (χ0n) is 15.1. The van der Waals surface area contributed by atoms with Gasteiger partial charge in [-0.3, -0.25) is 9.79 Å². The number of rotatable bonds is 4. The van der Waals surface area contributed by atoms with Crippen LogP contribution in [0.5, 0.6) is 0 Å². The predicted octanol–water partition coefficient (Wildman–Crippen LogP) is 1.56. The third kappa shape index (κ3) is 4.40. The minimum Gasteiger partial charge on any atom is -0.469 e. The Morgan fingerprint density at radius 2 is 1.96 bits per heavy atom. The Balaban J connectivity index is 1.89. The van der Waals surface area contributed by atoms with E-state index in [9.17, 15) is 4.79 Å². The molecular weight excluding hydrogens is 304 g/mol. The molecule has 0 atom stereocenters. The van der Waals surface area contributed by atoms with Crippen molar-refractivity contribution in [2.24, 2.45) is 4.99 Å². The van der Waals surface area contributed by atoms with Gasteiger partial charge < -0.3 is 19.9 Å². The molecule has 1 aliphatic rings. The molecule has 0 aliphatic carbocycles. The van der Waals surface area contributed by atoms with Crippen LogP contribution in [0.1, 0.15) is 17.5 Å². The van der Waals surface area contributed by atoms with Gasteiger partial charge in [0.15, 0.2) is 5.96 Å². The number of carbonyl (C=O) groups excluding carboxylic acids is 1. The largest absolute Gasteiger partial charge is 0.469 e. The van der Waals surface area contributed by atoms with Gasteiger partial charge in [-0.15, -0.1) is 0 Å². The number of esters is 1. The van der Waals surface area contributed by atoms with E-state index in [1.165, 1.54) is 23.9 Å². The number of carbonyl (C=O) groups is 1. The van der Waals surface area contributed by atoms with Crippen LogP contribution in [-0.2, 0) is 9.53 Å². The first-order chi connectivity index (χ1) is 11.6. The molecule has 0 spiro atoms. The molecule has 0 saturated carbocycles. The highest BCUT2D eigenvalue weighted by Crippen LogP contribution is 2.23. The van der Waals surface area contributed by atoms with E-state index in [4.69, 9.17) is 0 Å². The molecule has 6 nitrogen and oxygen atoms in total. The maximum atomic E-state index is 11.2. The fourth-order valence-corrected chi connectivity index (χ4v) is 2.95. The van der Waals surface area contributed by atoms with Gasteiger partial charge in [0.2, 0.25) is 0 Å². The number of aryl methyl sites for hydroxylation is 1. The van der Waals surface area contributed by atoms with E-state index in [1.807, 2.05) is 0 Å². The number of aliphatic imine (C=N–C) groups is 1. The molecule has 0 aromatic heterocycles. The second-order valence-corrected chi connectivity index (χ2v) is 5.99. The smallest absolute Gasteiger partial charge is 0.307 e. The first-order valence-corrected chi connectivity index (χ1v) is 8.40. The van der Waals surface area contributed by atoms with Crippen molar-refractivity contribution in [2.75, 3.05) is 51.8 Å². The standard InChI is InChI=1S/C18H28N4O2/c1-14-6-5-7-16(15(14)2)21-10-12-22(13-11-21)18(19-3)20-9-8-17(23)24-4/h5-7H,8-13H2,1-4H3,(H,19,20). The third-order valence-corrected chi connectivity index (χ3v) is 4.55. The molecule has 1 N–H and O–H groups in total. The predicted molar refractivity (Wildman–Crippen MR) is 97.7 cm³/mol. The van der Waals surface area contributed by atoms with Gasteiger partial charge in [-0.1, -0.05) is 12.1 Å². The van der Waals surface area contributed by atoms with Gasteiger partial charge in [-0.2, -0.15) is 0 Å². The van der Waals surface area contributed by atoms with Crippen molar-refractivity contribution < 1.29 is 9.53 Å². The molecule has 24 heavy (non-hydrogen) atoms. The average molecular weight is 332 g/mol. The van der Waals surface area contributed by atoms with Crippen LogP contribution in [0.25, 0.3) is 0 Å². The summed E-state index contributed by atoms with van der Waals surface area (Å²) in [6, 6.07) is 6.47. The molecular formula is C18H28N4O2. The van der Waals surface area contributed by atoms with Gasteiger partial charge in [0, 0.05) is 45.5 Å². The Hall–Kier alpha value is -2.24. The molecule has 6 heteroatoms. The van der Waals surface area contributed by atoms with Crippen LogP contribution in [0.4, 0.5) is 5.69 Å². The molecule has 132 valence electrons. The van der Waals surface area contributed by atoms with Crippen molar-refractivity contribution in [2.45, 2.75) is 20.3 Å². The molecule has 0 unspecified atom stereocenters. The van der Waals surface area contributed by atoms with E-state index in [-0.39, 0.29) is 5.97 Å². The molecule has 1 aromatic rings. The summed E-state index contributed by atoms with van der Waals surface area (Å²) in [6.45, 7) is 8.61. The number of benzene rings is 1. The number of anilines is 1. The van der Waals surface area contributed by atoms with Crippen molar-refractivity contribution in [1.29, 1.82) is 0 Å². The van der Waals surface area contributed by atoms with Crippen LogP contribution >= 0.6 is 0 Å². The van der Waals surface area contributed by atoms with Crippen molar-refractivity contribution in [1.82, 2.24) is 10.2 Å². The number of hydrogen-bond donors (Lipinski definition) is 1. The first kappa shape index (κ1) is 18.1. The zero-order chi connectivity index (χ0) is 17.5. The number of hydrogen-bond acceptors (Lipinski definition) is 4. The SMILES string of the molecule is CN=C(NCCC(=O)OC)N1CCN(c2cccc(C)c2C)CC1. The topological polar surface area (TPSA) is 57.2 Å². The minimum atomic E-state index is -0.210. The van der Waals surface area contributed by atoms with E-state index in [0.717, 1.165) is 32.1 Å². The van der Waals surface area contributed by atoms with Crippen LogP contribution in [0.3, 0.4) is 0 Å². The Morgan fingerprint density at radius 3 is 2.58 bits per heavy atom. The fourth-order valence-electron chi connectivity index (χ4n) is 2.95. The number of methoxy groups -OCH3 is 1. The summed E-state index contributed by atoms with van der Waals surface area (Å²) in [7, 11) is 3.18. The average Bonchev–Trinajstić information content (AvgIpc) is 2.61. The second-order valence-electron chi connectivity index (χ2n) is 5.99. The van der Waals surface area contributed by atoms with Crippen LogP contribution in [-0.4, -0.2) is 63.7 Å². The Kier molecular flexibility index (Phi) is 6.46. The quantitative estimate of drug-likeness (QED) is 0.515. The molecule has 1 aromatic carbocycles. The number of ether oxygens (including phenoxy) is 1. The summed E-state index contributed by atoms with van der Waals surface area (Å²) in [5.74, 6) is 0.636. The number of piperazine rings is 1. The van der Waals surface area contributed by atoms with Gasteiger partial charge in [-0.05, 0) is 31.0 Å². The van der Waals surface area contributed by atoms with E-state index in [0.29, 0.717) is 13.0 Å². The summed E-state index contributed by atoms with van der Waals surface area (Å²) in [6.07, 6.45) is 0.345. The molecule has 1 fully saturated rings. The highest BCUT2D eigenvalue weighted by molar-refractivity contribution is 5.81. The van der Waals surface area contributed by atoms with Crippen LogP contribution in [0.2, 0.25) is 0 Å². The van der Waals surface area contributed by atoms with E-state index in [2.05, 4.69) is 56.9 Å². The van der Waals surface area contributed by atoms with Gasteiger partial charge in [0.25, 0.3) is 0 Å². The van der Waals surface area contributed by atoms with Gasteiger partial charge in [0.1, 0.15) is 0 Å². The van der Waals surface area contributed by atoms with Crippen molar-refractivity contribution in [3.05, 3.63) is 29.3 Å². The van der Waals surface area contributed by atoms with E-state index >= 15 is 0 Å². The molecule has 1 heterocycles. The summed E-state index contributed by atoms with van der Waals surface area (Å²) in [5.41, 5.74) is 4.00. The lowest BCUT2D eigenvalue weighted by Crippen LogP contribution is -2.53. The monoisotopic (exact) mass is 332 g/mol. The Labute approximate surface area is 144 Å². The lowest BCUT2D eigenvalue weighted by Gasteiger charge is -2.38. The van der Waals surface area contributed by atoms with Crippen LogP contribution < -0.4 is 10.2 Å². The highest BCUT2D eigenvalue weighted by atomic mass is 16.5. The molecule has 0 bridgehead atoms. The maximum Gasteiger partial charge on any atom is 0.307 e. The third-order valence-electron chi connectivity index (χ3n) is 4.55. The van der Waals surface area contributed by atoms with Crippen LogP contribution in [0.15, 0.2) is 23.2 Å². The number of guanidine groups is 1. The van der Waals surface area contributed by atoms with Gasteiger partial charge >= 0.3 is 5.97 Å². The second kappa shape index (κ2) is 8.57. The summed E-state index contributed by atoms with van der Waals surface area (Å²) < 4.78 is 4.66. The fraction of sp³-hybridized carbons (Fsp3) is 0.556. The Morgan fingerprint density at radius 1 is 1.25 bits per heavy atom. The molecule has 2 rings (SSSR count). The number of nitrogens with zero attached hydrogens (tertiary/aromatic N) is 3. The summed E-state index contributed by atoms with van der Waals surface area (Å²) in [5, 5.41) is 3.24. The molecule has 1 saturated heterocycles. The van der Waals surface area contributed by atoms with E-state index < -0.39 is 0 Å². The lowest BCUT2D eigenvalue weighted by molar-refractivity contribution is -0.140. The number of nitrogens with one attached hydrogen (secondary N) is 1. The van der Waals surface area contributed by atoms with Gasteiger partial charge in [-0.25, -0.2) is 0 Å². The normalized spacial score (nSPS) is 15.4. The zero-order valence-corrected chi connectivity index (χ0v) is 15.1. The summed E-state index contributed by atoms with van der Waals surface area (Å²) >= 11 is 0. The van der Waals surface area contributed by atoms with Gasteiger partial charge in [0.05, 0.1) is 13.5 Å². The first-order valence-electron chi connectivity index (χ1n) is 8.40. The van der Waals surface area contributed by atoms with Crippen molar-refractivity contribution in [3.8, 4) is 0 Å². The van der Waals surface area contributed by atoms with Crippen LogP contribution in [0, 0.1) is 13.8 Å². The molecule has 1 aliphatic heterocycles. The highest BCUT2D eigenvalue weighted by Gasteiger charge is 2.21. The maximum absolute atomic E-state index is 11.2. The molecule has 0 amide bonds. The van der Waals surface area contributed by atoms with E-state index in [1.54, 1.807) is 7.05 Å². The Bertz CT molecular complexity index is 593. The molecule has 0 radical (unpaired) electrons. The van der Waals surface area contributed by atoms with Crippen molar-refractivity contribution in [3.63, 3.8) is 0 Å². The van der Waals surface area contributed by atoms with Crippen molar-refractivity contribution >= 4 is 17.6 Å². The summed E-state index contributed by atoms with van der Waals surface area (Å²) in [4.78, 5) is 20.2.